The fourth-order valence-electron chi connectivity index (χ4n) is 13.3. The first kappa shape index (κ1) is 41.0. The van der Waals surface area contributed by atoms with Gasteiger partial charge in [-0.3, -0.25) is 19.4 Å². The Kier molecular flexibility index (Phi) is 9.85. The van der Waals surface area contributed by atoms with E-state index in [1.807, 2.05) is 52.3 Å². The third kappa shape index (κ3) is 6.44. The molecule has 0 aromatic heterocycles. The summed E-state index contributed by atoms with van der Waals surface area (Å²) < 4.78 is 0. The summed E-state index contributed by atoms with van der Waals surface area (Å²) in [6.07, 6.45) is 5.61. The van der Waals surface area contributed by atoms with Gasteiger partial charge in [-0.25, -0.2) is 0 Å². The molecule has 2 fully saturated rings. The van der Waals surface area contributed by atoms with Crippen molar-refractivity contribution < 1.29 is 24.9 Å². The zero-order valence-electron chi connectivity index (χ0n) is 37.2. The number of amides is 2. The van der Waals surface area contributed by atoms with Gasteiger partial charge in [-0.05, 0) is 126 Å². The van der Waals surface area contributed by atoms with Crippen molar-refractivity contribution in [3.05, 3.63) is 154 Å². The number of hydrogen-bond donors (Lipinski definition) is 3. The van der Waals surface area contributed by atoms with Crippen molar-refractivity contribution in [2.45, 2.75) is 113 Å². The molecule has 0 saturated carbocycles. The Morgan fingerprint density at radius 2 is 1.11 bits per heavy atom. The maximum Gasteiger partial charge on any atom is 0.264 e. The SMILES string of the molecule is C[C@@H](O)CC1(O)C(=O)N(C2CCN(C3Cc4cccc5cccc3c45)CC2)c2ccc(CCCC3(O)C(=O)N(C4CCN(C5Cc6cccc7cccc5c67)CC4)c4ccccc43)cc21. The number of carbonyl (C=O) groups excluding carboxylic acids is 2. The highest BCUT2D eigenvalue weighted by molar-refractivity contribution is 6.08. The Morgan fingerprint density at radius 1 is 0.600 bits per heavy atom. The summed E-state index contributed by atoms with van der Waals surface area (Å²) in [5.41, 5.74) is 5.80. The van der Waals surface area contributed by atoms with Crippen LogP contribution in [0.25, 0.3) is 21.5 Å². The van der Waals surface area contributed by atoms with Gasteiger partial charge in [0.25, 0.3) is 11.8 Å². The minimum absolute atomic E-state index is 0.000663. The van der Waals surface area contributed by atoms with Crippen LogP contribution < -0.4 is 9.80 Å². The molecule has 2 saturated heterocycles. The lowest BCUT2D eigenvalue weighted by molar-refractivity contribution is -0.140. The van der Waals surface area contributed by atoms with E-state index in [1.165, 1.54) is 43.8 Å². The Labute approximate surface area is 380 Å². The number of aliphatic hydroxyl groups excluding tert-OH is 1. The monoisotopic (exact) mass is 866 g/mol. The number of nitrogens with zero attached hydrogens (tertiary/aromatic N) is 4. The van der Waals surface area contributed by atoms with Crippen LogP contribution in [-0.2, 0) is 40.1 Å². The fourth-order valence-corrected chi connectivity index (χ4v) is 13.3. The van der Waals surface area contributed by atoms with Crippen molar-refractivity contribution in [1.29, 1.82) is 0 Å². The van der Waals surface area contributed by atoms with E-state index >= 15 is 0 Å². The van der Waals surface area contributed by atoms with Gasteiger partial charge in [0, 0.05) is 67.9 Å². The van der Waals surface area contributed by atoms with Gasteiger partial charge in [-0.1, -0.05) is 103 Å². The lowest BCUT2D eigenvalue weighted by Gasteiger charge is -2.40. The molecule has 6 aromatic carbocycles. The molecule has 0 bridgehead atoms. The Hall–Kier alpha value is -5.42. The second-order valence-electron chi connectivity index (χ2n) is 20.0. The molecule has 5 atom stereocenters. The summed E-state index contributed by atoms with van der Waals surface area (Å²) in [6, 6.07) is 40.8. The Bertz CT molecular complexity index is 2870. The molecule has 9 nitrogen and oxygen atoms in total. The number of rotatable bonds is 10. The molecule has 2 aliphatic carbocycles. The predicted molar refractivity (Wildman–Crippen MR) is 255 cm³/mol. The molecule has 12 rings (SSSR count). The quantitative estimate of drug-likeness (QED) is 0.127. The lowest BCUT2D eigenvalue weighted by Crippen LogP contribution is -2.50. The first-order valence-corrected chi connectivity index (χ1v) is 24.1. The van der Waals surface area contributed by atoms with Crippen LogP contribution in [0.15, 0.2) is 115 Å². The van der Waals surface area contributed by atoms with Crippen molar-refractivity contribution in [3.63, 3.8) is 0 Å². The number of aryl methyl sites for hydroxylation is 1. The zero-order chi connectivity index (χ0) is 44.2. The van der Waals surface area contributed by atoms with Gasteiger partial charge < -0.3 is 25.1 Å². The third-order valence-electron chi connectivity index (χ3n) is 16.3. The number of benzene rings is 6. The first-order valence-electron chi connectivity index (χ1n) is 24.1. The Balaban J connectivity index is 0.727. The topological polar surface area (TPSA) is 108 Å². The van der Waals surface area contributed by atoms with E-state index in [1.54, 1.807) is 6.92 Å². The molecular weight excluding hydrogens is 809 g/mol. The maximum atomic E-state index is 14.6. The summed E-state index contributed by atoms with van der Waals surface area (Å²) in [5, 5.41) is 40.6. The first-order chi connectivity index (χ1) is 31.6. The van der Waals surface area contributed by atoms with E-state index in [2.05, 4.69) is 82.6 Å². The second-order valence-corrected chi connectivity index (χ2v) is 20.0. The average Bonchev–Trinajstić information content (AvgIpc) is 4.01. The highest BCUT2D eigenvalue weighted by atomic mass is 16.3. The summed E-state index contributed by atoms with van der Waals surface area (Å²) in [5.74, 6) is -0.599. The molecule has 4 aliphatic heterocycles. The van der Waals surface area contributed by atoms with Crippen LogP contribution in [0, 0.1) is 0 Å². The van der Waals surface area contributed by atoms with Crippen LogP contribution in [0.1, 0.15) is 103 Å². The number of fused-ring (bicyclic) bond motifs is 2. The largest absolute Gasteiger partial charge is 0.393 e. The van der Waals surface area contributed by atoms with Crippen LogP contribution in [0.2, 0.25) is 0 Å². The average molecular weight is 867 g/mol. The molecular formula is C56H58N4O5. The molecule has 4 heterocycles. The summed E-state index contributed by atoms with van der Waals surface area (Å²) in [4.78, 5) is 37.9. The van der Waals surface area contributed by atoms with E-state index in [0.717, 1.165) is 76.0 Å². The van der Waals surface area contributed by atoms with E-state index in [-0.39, 0.29) is 36.7 Å². The Morgan fingerprint density at radius 3 is 1.66 bits per heavy atom. The maximum absolute atomic E-state index is 14.6. The van der Waals surface area contributed by atoms with Crippen LogP contribution in [0.3, 0.4) is 0 Å². The minimum Gasteiger partial charge on any atom is -0.393 e. The number of piperidine rings is 2. The van der Waals surface area contributed by atoms with Crippen molar-refractivity contribution >= 4 is 44.7 Å². The van der Waals surface area contributed by atoms with Gasteiger partial charge in [-0.2, -0.15) is 0 Å². The number of anilines is 2. The summed E-state index contributed by atoms with van der Waals surface area (Å²) in [6.45, 7) is 5.08. The normalized spacial score (nSPS) is 26.2. The number of aliphatic hydroxyl groups is 3. The number of carbonyl (C=O) groups is 2. The van der Waals surface area contributed by atoms with Crippen LogP contribution in [0.5, 0.6) is 0 Å². The van der Waals surface area contributed by atoms with Crippen molar-refractivity contribution in [2.24, 2.45) is 0 Å². The molecule has 2 amide bonds. The van der Waals surface area contributed by atoms with E-state index < -0.39 is 17.3 Å². The predicted octanol–water partition coefficient (Wildman–Crippen LogP) is 8.38. The molecule has 332 valence electrons. The smallest absolute Gasteiger partial charge is 0.264 e. The molecule has 0 spiro atoms. The van der Waals surface area contributed by atoms with E-state index in [0.29, 0.717) is 41.7 Å². The van der Waals surface area contributed by atoms with E-state index in [4.69, 9.17) is 0 Å². The van der Waals surface area contributed by atoms with Crippen LogP contribution in [0.4, 0.5) is 11.4 Å². The standard InChI is InChI=1S/C56H58N4O5/c1-35(61)34-56(65)46-31-36(20-21-48(46)60(54(56)63)42-24-29-58(30-25-42)50-33-40-15-5-11-38-13-7-17-44(50)52(38)40)9-8-26-55(64)45-18-2-3-19-47(45)59(53(55)62)41-22-27-57(28-23-41)49-32-39-14-4-10-37-12-6-16-43(49)51(37)39/h2-7,10-21,31,35,41-42,49-50,61,64-65H,8-9,22-30,32-34H2,1H3/t35-,49?,50?,55?,56?/m1/s1. The molecule has 0 radical (unpaired) electrons. The van der Waals surface area contributed by atoms with Gasteiger partial charge in [-0.15, -0.1) is 0 Å². The minimum atomic E-state index is -1.84. The lowest BCUT2D eigenvalue weighted by atomic mass is 9.86. The molecule has 65 heavy (non-hydrogen) atoms. The molecule has 3 N–H and O–H groups in total. The number of para-hydroxylation sites is 1. The van der Waals surface area contributed by atoms with Gasteiger partial charge in [0.2, 0.25) is 0 Å². The molecule has 6 aliphatic rings. The summed E-state index contributed by atoms with van der Waals surface area (Å²) >= 11 is 0. The van der Waals surface area contributed by atoms with Crippen molar-refractivity contribution in [1.82, 2.24) is 9.80 Å². The van der Waals surface area contributed by atoms with Gasteiger partial charge in [0.05, 0.1) is 17.5 Å². The number of likely N-dealkylation sites (tertiary alicyclic amines) is 2. The van der Waals surface area contributed by atoms with Gasteiger partial charge >= 0.3 is 0 Å². The highest BCUT2D eigenvalue weighted by Gasteiger charge is 2.54. The molecule has 6 aromatic rings. The third-order valence-corrected chi connectivity index (χ3v) is 16.3. The van der Waals surface area contributed by atoms with Gasteiger partial charge in [0.1, 0.15) is 0 Å². The second kappa shape index (κ2) is 15.6. The van der Waals surface area contributed by atoms with Crippen molar-refractivity contribution in [3.8, 4) is 0 Å². The zero-order valence-corrected chi connectivity index (χ0v) is 37.2. The van der Waals surface area contributed by atoms with E-state index in [9.17, 15) is 24.9 Å². The van der Waals surface area contributed by atoms with Gasteiger partial charge in [0.15, 0.2) is 11.2 Å². The van der Waals surface area contributed by atoms with Crippen molar-refractivity contribution in [2.75, 3.05) is 36.0 Å². The summed E-state index contributed by atoms with van der Waals surface area (Å²) in [7, 11) is 0. The van der Waals surface area contributed by atoms with Crippen LogP contribution >= 0.6 is 0 Å². The number of hydrogen-bond acceptors (Lipinski definition) is 7. The molecule has 4 unspecified atom stereocenters. The molecule has 9 heteroatoms. The highest BCUT2D eigenvalue weighted by Crippen LogP contribution is 2.49. The van der Waals surface area contributed by atoms with Crippen LogP contribution in [-0.4, -0.2) is 81.3 Å². The fraction of sp³-hybridized carbons (Fsp3) is 0.393.